The van der Waals surface area contributed by atoms with E-state index >= 15 is 0 Å². The maximum atomic E-state index is 12.5. The van der Waals surface area contributed by atoms with E-state index in [0.717, 1.165) is 36.0 Å². The van der Waals surface area contributed by atoms with Gasteiger partial charge in [-0.2, -0.15) is 0 Å². The van der Waals surface area contributed by atoms with Gasteiger partial charge in [0.15, 0.2) is 9.84 Å². The monoisotopic (exact) mass is 383 g/mol. The quantitative estimate of drug-likeness (QED) is 0.729. The van der Waals surface area contributed by atoms with Crippen molar-refractivity contribution in [2.24, 2.45) is 0 Å². The lowest BCUT2D eigenvalue weighted by Gasteiger charge is -2.09. The summed E-state index contributed by atoms with van der Waals surface area (Å²) in [5.41, 5.74) is 4.36. The molecule has 3 aromatic rings. The summed E-state index contributed by atoms with van der Waals surface area (Å²) in [4.78, 5) is 22.0. The first-order valence-corrected chi connectivity index (χ1v) is 10.6. The van der Waals surface area contributed by atoms with Gasteiger partial charge in [-0.25, -0.2) is 18.4 Å². The molecule has 7 heteroatoms. The smallest absolute Gasteiger partial charge is 0.255 e. The second-order valence-corrected chi connectivity index (χ2v) is 8.29. The molecule has 1 heterocycles. The fourth-order valence-electron chi connectivity index (χ4n) is 2.82. The number of fused-ring (bicyclic) bond motifs is 1. The number of amides is 1. The zero-order chi connectivity index (χ0) is 19.6. The number of aromatic nitrogens is 2. The van der Waals surface area contributed by atoms with Crippen molar-refractivity contribution in [3.05, 3.63) is 59.4 Å². The standard InChI is InChI=1S/C20H21N3O3S/c1-4-16-17(5-2)23-19-12-13(6-11-18(19)22-16)20(24)21-14-7-9-15(10-8-14)27(3,25)26/h6-12H,4-5H2,1-3H3,(H,21,24). The lowest BCUT2D eigenvalue weighted by molar-refractivity contribution is 0.102. The first-order valence-electron chi connectivity index (χ1n) is 8.72. The Labute approximate surface area is 158 Å². The third-order valence-corrected chi connectivity index (χ3v) is 5.42. The molecule has 1 N–H and O–H groups in total. The number of nitrogens with zero attached hydrogens (tertiary/aromatic N) is 2. The Morgan fingerprint density at radius 1 is 0.926 bits per heavy atom. The molecule has 0 bridgehead atoms. The van der Waals surface area contributed by atoms with E-state index in [9.17, 15) is 13.2 Å². The van der Waals surface area contributed by atoms with E-state index in [1.807, 2.05) is 13.8 Å². The Morgan fingerprint density at radius 2 is 1.52 bits per heavy atom. The van der Waals surface area contributed by atoms with Crippen molar-refractivity contribution in [1.82, 2.24) is 9.97 Å². The fourth-order valence-corrected chi connectivity index (χ4v) is 3.45. The van der Waals surface area contributed by atoms with Gasteiger partial charge in [-0.15, -0.1) is 0 Å². The number of aryl methyl sites for hydroxylation is 2. The van der Waals surface area contributed by atoms with E-state index in [4.69, 9.17) is 0 Å². The highest BCUT2D eigenvalue weighted by Crippen LogP contribution is 2.18. The van der Waals surface area contributed by atoms with Gasteiger partial charge >= 0.3 is 0 Å². The minimum atomic E-state index is -3.26. The molecule has 0 aliphatic carbocycles. The SMILES string of the molecule is CCc1nc2ccc(C(=O)Nc3ccc(S(C)(=O)=O)cc3)cc2nc1CC. The second-order valence-electron chi connectivity index (χ2n) is 6.28. The van der Waals surface area contributed by atoms with E-state index in [2.05, 4.69) is 15.3 Å². The molecule has 1 amide bonds. The molecule has 1 aromatic heterocycles. The van der Waals surface area contributed by atoms with Crippen molar-refractivity contribution >= 4 is 32.5 Å². The summed E-state index contributed by atoms with van der Waals surface area (Å²) in [6.45, 7) is 4.08. The number of hydrogen-bond acceptors (Lipinski definition) is 5. The largest absolute Gasteiger partial charge is 0.322 e. The molecule has 0 aliphatic rings. The average molecular weight is 383 g/mol. The van der Waals surface area contributed by atoms with Crippen molar-refractivity contribution in [3.8, 4) is 0 Å². The van der Waals surface area contributed by atoms with Gasteiger partial charge in [0, 0.05) is 17.5 Å². The Morgan fingerprint density at radius 3 is 2.07 bits per heavy atom. The molecule has 140 valence electrons. The summed E-state index contributed by atoms with van der Waals surface area (Å²) in [5, 5.41) is 2.77. The predicted molar refractivity (Wildman–Crippen MR) is 106 cm³/mol. The zero-order valence-electron chi connectivity index (χ0n) is 15.5. The Kier molecular flexibility index (Phi) is 5.23. The molecule has 0 saturated carbocycles. The van der Waals surface area contributed by atoms with Gasteiger partial charge in [0.05, 0.1) is 27.3 Å². The van der Waals surface area contributed by atoms with Gasteiger partial charge in [-0.1, -0.05) is 13.8 Å². The van der Waals surface area contributed by atoms with E-state index in [1.54, 1.807) is 30.3 Å². The van der Waals surface area contributed by atoms with E-state index in [-0.39, 0.29) is 10.8 Å². The van der Waals surface area contributed by atoms with Crippen molar-refractivity contribution in [1.29, 1.82) is 0 Å². The fraction of sp³-hybridized carbons (Fsp3) is 0.250. The molecule has 0 atom stereocenters. The van der Waals surface area contributed by atoms with Crippen LogP contribution >= 0.6 is 0 Å². The van der Waals surface area contributed by atoms with Crippen LogP contribution < -0.4 is 5.32 Å². The summed E-state index contributed by atoms with van der Waals surface area (Å²) in [7, 11) is -3.26. The first kappa shape index (κ1) is 19.0. The lowest BCUT2D eigenvalue weighted by Crippen LogP contribution is -2.12. The van der Waals surface area contributed by atoms with Gasteiger partial charge in [-0.3, -0.25) is 4.79 Å². The number of nitrogens with one attached hydrogen (secondary N) is 1. The minimum absolute atomic E-state index is 0.209. The maximum absolute atomic E-state index is 12.5. The molecule has 0 fully saturated rings. The van der Waals surface area contributed by atoms with Crippen LogP contribution in [0.25, 0.3) is 11.0 Å². The summed E-state index contributed by atoms with van der Waals surface area (Å²) >= 11 is 0. The summed E-state index contributed by atoms with van der Waals surface area (Å²) < 4.78 is 23.0. The molecule has 0 unspecified atom stereocenters. The number of sulfone groups is 1. The maximum Gasteiger partial charge on any atom is 0.255 e. The van der Waals surface area contributed by atoms with Crippen molar-refractivity contribution in [3.63, 3.8) is 0 Å². The van der Waals surface area contributed by atoms with Crippen LogP contribution in [-0.4, -0.2) is 30.5 Å². The van der Waals surface area contributed by atoms with Crippen LogP contribution in [0.4, 0.5) is 5.69 Å². The number of rotatable bonds is 5. The molecule has 6 nitrogen and oxygen atoms in total. The van der Waals surface area contributed by atoms with Crippen LogP contribution in [0.1, 0.15) is 35.6 Å². The van der Waals surface area contributed by atoms with E-state index < -0.39 is 9.84 Å². The van der Waals surface area contributed by atoms with Gasteiger partial charge in [0.25, 0.3) is 5.91 Å². The highest BCUT2D eigenvalue weighted by Gasteiger charge is 2.12. The molecule has 2 aromatic carbocycles. The van der Waals surface area contributed by atoms with Crippen LogP contribution in [0, 0.1) is 0 Å². The van der Waals surface area contributed by atoms with Crippen LogP contribution in [0.2, 0.25) is 0 Å². The Balaban J connectivity index is 1.87. The summed E-state index contributed by atoms with van der Waals surface area (Å²) in [5.74, 6) is -0.288. The van der Waals surface area contributed by atoms with Crippen molar-refractivity contribution in [2.75, 3.05) is 11.6 Å². The van der Waals surface area contributed by atoms with Gasteiger partial charge in [0.1, 0.15) is 0 Å². The van der Waals surface area contributed by atoms with Crippen LogP contribution in [0.3, 0.4) is 0 Å². The third-order valence-electron chi connectivity index (χ3n) is 4.29. The molecule has 0 spiro atoms. The van der Waals surface area contributed by atoms with Gasteiger partial charge in [-0.05, 0) is 55.3 Å². The zero-order valence-corrected chi connectivity index (χ0v) is 16.3. The number of carbonyl (C=O) groups is 1. The first-order chi connectivity index (χ1) is 12.8. The topological polar surface area (TPSA) is 89.0 Å². The molecular formula is C20H21N3O3S. The van der Waals surface area contributed by atoms with E-state index in [0.29, 0.717) is 16.8 Å². The number of anilines is 1. The van der Waals surface area contributed by atoms with E-state index in [1.165, 1.54) is 12.1 Å². The molecule has 0 radical (unpaired) electrons. The third kappa shape index (κ3) is 4.14. The Bertz CT molecular complexity index is 1110. The van der Waals surface area contributed by atoms with Crippen molar-refractivity contribution in [2.45, 2.75) is 31.6 Å². The van der Waals surface area contributed by atoms with Crippen LogP contribution in [0.5, 0.6) is 0 Å². The highest BCUT2D eigenvalue weighted by molar-refractivity contribution is 7.90. The Hall–Kier alpha value is -2.80. The average Bonchev–Trinajstić information content (AvgIpc) is 2.66. The number of benzene rings is 2. The highest BCUT2D eigenvalue weighted by atomic mass is 32.2. The molecule has 0 saturated heterocycles. The molecule has 3 rings (SSSR count). The number of carbonyl (C=O) groups excluding carboxylic acids is 1. The van der Waals surface area contributed by atoms with Crippen LogP contribution in [-0.2, 0) is 22.7 Å². The molecule has 27 heavy (non-hydrogen) atoms. The number of hydrogen-bond donors (Lipinski definition) is 1. The lowest BCUT2D eigenvalue weighted by atomic mass is 10.1. The second kappa shape index (κ2) is 7.44. The minimum Gasteiger partial charge on any atom is -0.322 e. The van der Waals surface area contributed by atoms with Crippen molar-refractivity contribution < 1.29 is 13.2 Å². The van der Waals surface area contributed by atoms with Gasteiger partial charge < -0.3 is 5.32 Å². The van der Waals surface area contributed by atoms with Gasteiger partial charge in [0.2, 0.25) is 0 Å². The summed E-state index contributed by atoms with van der Waals surface area (Å²) in [6.07, 6.45) is 2.75. The molecule has 0 aliphatic heterocycles. The molecular weight excluding hydrogens is 362 g/mol. The predicted octanol–water partition coefficient (Wildman–Crippen LogP) is 3.41. The van der Waals surface area contributed by atoms with Crippen LogP contribution in [0.15, 0.2) is 47.4 Å². The summed E-state index contributed by atoms with van der Waals surface area (Å²) in [6, 6.07) is 11.3. The normalized spacial score (nSPS) is 11.5.